The van der Waals surface area contributed by atoms with Gasteiger partial charge in [-0.05, 0) is 47.6 Å². The van der Waals surface area contributed by atoms with Crippen molar-refractivity contribution in [2.24, 2.45) is 16.6 Å². The smallest absolute Gasteiger partial charge is 0.272 e. The molecule has 13 heteroatoms. The van der Waals surface area contributed by atoms with Crippen LogP contribution in [-0.2, 0) is 4.84 Å². The number of aromatic nitrogens is 2. The van der Waals surface area contributed by atoms with Gasteiger partial charge in [-0.25, -0.2) is 0 Å². The Labute approximate surface area is 210 Å². The van der Waals surface area contributed by atoms with Gasteiger partial charge in [0, 0.05) is 39.6 Å². The average Bonchev–Trinajstić information content (AvgIpc) is 3.50. The van der Waals surface area contributed by atoms with Gasteiger partial charge in [-0.15, -0.1) is 0 Å². The summed E-state index contributed by atoms with van der Waals surface area (Å²) in [4.78, 5) is 48.2. The first kappa shape index (κ1) is 25.1. The summed E-state index contributed by atoms with van der Waals surface area (Å²) in [5, 5.41) is 21.8. The molecule has 0 atom stereocenters. The van der Waals surface area contributed by atoms with E-state index in [9.17, 15) is 14.4 Å². The highest BCUT2D eigenvalue weighted by Crippen LogP contribution is 2.22. The normalized spacial score (nSPS) is 10.7. The van der Waals surface area contributed by atoms with Crippen molar-refractivity contribution in [2.45, 2.75) is 0 Å². The summed E-state index contributed by atoms with van der Waals surface area (Å²) in [6.07, 6.45) is 0. The second kappa shape index (κ2) is 11.1. The first-order valence-corrected chi connectivity index (χ1v) is 11.3. The number of nitrogens with zero attached hydrogens (tertiary/aromatic N) is 1. The van der Waals surface area contributed by atoms with Crippen molar-refractivity contribution in [3.8, 4) is 0 Å². The molecule has 37 heavy (non-hydrogen) atoms. The van der Waals surface area contributed by atoms with E-state index in [2.05, 4.69) is 31.1 Å². The highest BCUT2D eigenvalue weighted by Gasteiger charge is 2.14. The lowest BCUT2D eigenvalue weighted by atomic mass is 10.1. The largest absolute Gasteiger partial charge is 0.395 e. The second-order valence-electron chi connectivity index (χ2n) is 8.01. The number of H-pyrrole nitrogens is 2. The van der Waals surface area contributed by atoms with Gasteiger partial charge >= 0.3 is 0 Å². The molecular weight excluding hydrogens is 480 g/mol. The van der Waals surface area contributed by atoms with Crippen LogP contribution in [0.5, 0.6) is 0 Å². The van der Waals surface area contributed by atoms with E-state index in [1.54, 1.807) is 48.5 Å². The molecule has 10 N–H and O–H groups in total. The molecule has 0 fully saturated rings. The molecule has 13 nitrogen and oxygen atoms in total. The van der Waals surface area contributed by atoms with E-state index in [1.807, 2.05) is 0 Å². The molecule has 0 unspecified atom stereocenters. The number of fused-ring (bicyclic) bond motifs is 2. The van der Waals surface area contributed by atoms with Crippen LogP contribution in [0.1, 0.15) is 31.3 Å². The van der Waals surface area contributed by atoms with Crippen molar-refractivity contribution in [3.05, 3.63) is 65.5 Å². The summed E-state index contributed by atoms with van der Waals surface area (Å²) in [7, 11) is 0. The SMILES string of the molecule is NC(N)=NOCCNC(=O)c1ccc2[nH]c(C(=O)Nc3ccc4cc(C(=O)NCCO)[nH]c4c3)cc2c1. The molecule has 2 heterocycles. The zero-order valence-corrected chi connectivity index (χ0v) is 19.6. The maximum atomic E-state index is 12.9. The van der Waals surface area contributed by atoms with E-state index >= 15 is 0 Å². The monoisotopic (exact) mass is 506 g/mol. The maximum Gasteiger partial charge on any atom is 0.272 e. The Balaban J connectivity index is 1.41. The van der Waals surface area contributed by atoms with Crippen molar-refractivity contribution >= 4 is 51.2 Å². The van der Waals surface area contributed by atoms with Gasteiger partial charge in [-0.1, -0.05) is 6.07 Å². The maximum absolute atomic E-state index is 12.9. The van der Waals surface area contributed by atoms with Gasteiger partial charge in [0.05, 0.1) is 13.2 Å². The third kappa shape index (κ3) is 6.15. The number of aromatic amines is 2. The molecule has 4 rings (SSSR count). The van der Waals surface area contributed by atoms with E-state index in [-0.39, 0.29) is 50.0 Å². The number of anilines is 1. The fraction of sp³-hybridized carbons (Fsp3) is 0.167. The van der Waals surface area contributed by atoms with Crippen molar-refractivity contribution in [1.82, 2.24) is 20.6 Å². The fourth-order valence-electron chi connectivity index (χ4n) is 3.62. The number of aliphatic hydroxyl groups excluding tert-OH is 1. The number of nitrogens with two attached hydrogens (primary N) is 2. The molecule has 0 saturated carbocycles. The number of oxime groups is 1. The van der Waals surface area contributed by atoms with Crippen molar-refractivity contribution in [1.29, 1.82) is 0 Å². The molecule has 0 spiro atoms. The van der Waals surface area contributed by atoms with Gasteiger partial charge in [0.1, 0.15) is 18.0 Å². The van der Waals surface area contributed by atoms with Gasteiger partial charge in [0.15, 0.2) is 0 Å². The number of benzene rings is 2. The molecule has 4 aromatic rings. The average molecular weight is 507 g/mol. The van der Waals surface area contributed by atoms with Gasteiger partial charge in [-0.2, -0.15) is 0 Å². The van der Waals surface area contributed by atoms with Crippen LogP contribution in [0.4, 0.5) is 5.69 Å². The lowest BCUT2D eigenvalue weighted by molar-refractivity contribution is 0.0918. The van der Waals surface area contributed by atoms with Gasteiger partial charge in [0.25, 0.3) is 17.7 Å². The van der Waals surface area contributed by atoms with Crippen LogP contribution in [0, 0.1) is 0 Å². The highest BCUT2D eigenvalue weighted by atomic mass is 16.6. The minimum Gasteiger partial charge on any atom is -0.395 e. The van der Waals surface area contributed by atoms with Gasteiger partial charge in [0.2, 0.25) is 5.96 Å². The van der Waals surface area contributed by atoms with Crippen LogP contribution in [-0.4, -0.2) is 65.1 Å². The lowest BCUT2D eigenvalue weighted by Crippen LogP contribution is -2.28. The molecule has 0 bridgehead atoms. The quantitative estimate of drug-likeness (QED) is 0.0661. The van der Waals surface area contributed by atoms with E-state index < -0.39 is 0 Å². The molecule has 0 aliphatic heterocycles. The molecule has 2 aromatic heterocycles. The van der Waals surface area contributed by atoms with E-state index in [0.29, 0.717) is 39.1 Å². The van der Waals surface area contributed by atoms with Crippen LogP contribution < -0.4 is 27.4 Å². The molecule has 3 amide bonds. The van der Waals surface area contributed by atoms with Gasteiger partial charge in [-0.3, -0.25) is 14.4 Å². The minimum atomic E-state index is -0.370. The van der Waals surface area contributed by atoms with Crippen molar-refractivity contribution < 1.29 is 24.3 Å². The number of amides is 3. The van der Waals surface area contributed by atoms with E-state index in [1.165, 1.54) is 0 Å². The van der Waals surface area contributed by atoms with Gasteiger partial charge < -0.3 is 47.3 Å². The molecular formula is C24H26N8O5. The Morgan fingerprint density at radius 2 is 1.57 bits per heavy atom. The Kier molecular flexibility index (Phi) is 7.54. The summed E-state index contributed by atoms with van der Waals surface area (Å²) in [5.41, 5.74) is 13.3. The van der Waals surface area contributed by atoms with Crippen LogP contribution in [0.25, 0.3) is 21.8 Å². The number of rotatable bonds is 10. The van der Waals surface area contributed by atoms with Crippen molar-refractivity contribution in [2.75, 3.05) is 31.6 Å². The predicted molar refractivity (Wildman–Crippen MR) is 138 cm³/mol. The molecule has 0 aliphatic carbocycles. The molecule has 2 aromatic carbocycles. The summed E-state index contributed by atoms with van der Waals surface area (Å²) in [5.74, 6) is -1.22. The molecule has 0 radical (unpaired) electrons. The number of carbonyl (C=O) groups is 3. The van der Waals surface area contributed by atoms with Crippen LogP contribution in [0.2, 0.25) is 0 Å². The van der Waals surface area contributed by atoms with Crippen LogP contribution in [0.3, 0.4) is 0 Å². The van der Waals surface area contributed by atoms with Crippen molar-refractivity contribution in [3.63, 3.8) is 0 Å². The lowest BCUT2D eigenvalue weighted by Gasteiger charge is -2.04. The first-order chi connectivity index (χ1) is 17.8. The standard InChI is InChI=1S/C24H26N8O5/c25-24(26)32-37-8-6-28-21(34)14-2-4-17-15(9-14)11-20(30-17)23(36)29-16-3-1-13-10-19(31-18(13)12-16)22(35)27-5-7-33/h1-4,9-12,30-31,33H,5-8H2,(H,27,35)(H,28,34)(H,29,36)(H4,25,26,32). The van der Waals surface area contributed by atoms with E-state index in [4.69, 9.17) is 21.4 Å². The third-order valence-electron chi connectivity index (χ3n) is 5.30. The fourth-order valence-corrected chi connectivity index (χ4v) is 3.62. The minimum absolute atomic E-state index is 0.104. The zero-order chi connectivity index (χ0) is 26.4. The number of aliphatic hydroxyl groups is 1. The Hall–Kier alpha value is -5.04. The van der Waals surface area contributed by atoms with E-state index in [0.717, 1.165) is 5.39 Å². The molecule has 192 valence electrons. The molecule has 0 saturated heterocycles. The molecule has 0 aliphatic rings. The Morgan fingerprint density at radius 3 is 2.35 bits per heavy atom. The second-order valence-corrected chi connectivity index (χ2v) is 8.01. The third-order valence-corrected chi connectivity index (χ3v) is 5.30. The number of hydrogen-bond acceptors (Lipinski definition) is 6. The van der Waals surface area contributed by atoms with Crippen LogP contribution in [0.15, 0.2) is 53.7 Å². The summed E-state index contributed by atoms with van der Waals surface area (Å²) in [6.45, 7) is 0.310. The summed E-state index contributed by atoms with van der Waals surface area (Å²) >= 11 is 0. The Morgan fingerprint density at radius 1 is 0.838 bits per heavy atom. The van der Waals surface area contributed by atoms with Crippen LogP contribution >= 0.6 is 0 Å². The summed E-state index contributed by atoms with van der Waals surface area (Å²) < 4.78 is 0. The first-order valence-electron chi connectivity index (χ1n) is 11.3. The zero-order valence-electron chi connectivity index (χ0n) is 19.6. The number of guanidine groups is 1. The highest BCUT2D eigenvalue weighted by molar-refractivity contribution is 6.08. The number of nitrogens with one attached hydrogen (secondary N) is 5. The topological polar surface area (TPSA) is 213 Å². The predicted octanol–water partition coefficient (Wildman–Crippen LogP) is 0.558. The summed E-state index contributed by atoms with van der Waals surface area (Å²) in [6, 6.07) is 13.6. The Bertz CT molecular complexity index is 1490. The number of carbonyl (C=O) groups excluding carboxylic acids is 3. The number of hydrogen-bond donors (Lipinski definition) is 8.